The van der Waals surface area contributed by atoms with Crippen molar-refractivity contribution in [3.05, 3.63) is 24.2 Å². The van der Waals surface area contributed by atoms with Gasteiger partial charge in [0.1, 0.15) is 5.76 Å². The van der Waals surface area contributed by atoms with E-state index in [1.165, 1.54) is 0 Å². The van der Waals surface area contributed by atoms with E-state index in [-0.39, 0.29) is 5.91 Å². The average molecular weight is 197 g/mol. The molecule has 0 saturated heterocycles. The molecule has 1 rings (SSSR count). The molecule has 0 aliphatic heterocycles. The van der Waals surface area contributed by atoms with Crippen LogP contribution in [0.4, 0.5) is 0 Å². The Morgan fingerprint density at radius 3 is 3.14 bits per heavy atom. The Labute approximate surface area is 83.2 Å². The van der Waals surface area contributed by atoms with Gasteiger partial charge in [-0.05, 0) is 18.6 Å². The maximum atomic E-state index is 11.3. The van der Waals surface area contributed by atoms with E-state index in [0.717, 1.165) is 6.42 Å². The fraction of sp³-hybridized carbons (Fsp3) is 0.500. The fourth-order valence-electron chi connectivity index (χ4n) is 1.08. The number of nitrogens with one attached hydrogen (secondary N) is 1. The summed E-state index contributed by atoms with van der Waals surface area (Å²) in [5.41, 5.74) is 0. The number of carbonyl (C=O) groups is 1. The molecule has 1 aromatic heterocycles. The van der Waals surface area contributed by atoms with E-state index in [1.54, 1.807) is 25.5 Å². The van der Waals surface area contributed by atoms with Crippen molar-refractivity contribution in [3.63, 3.8) is 0 Å². The van der Waals surface area contributed by atoms with Gasteiger partial charge in [0.25, 0.3) is 0 Å². The molecule has 0 aliphatic rings. The molecule has 0 saturated carbocycles. The van der Waals surface area contributed by atoms with Crippen LogP contribution in [-0.4, -0.2) is 26.2 Å². The van der Waals surface area contributed by atoms with Gasteiger partial charge in [0.05, 0.1) is 12.7 Å². The molecule has 0 unspecified atom stereocenters. The first kappa shape index (κ1) is 10.8. The third-order valence-electron chi connectivity index (χ3n) is 1.76. The van der Waals surface area contributed by atoms with Crippen molar-refractivity contribution in [2.75, 3.05) is 20.3 Å². The Morgan fingerprint density at radius 1 is 1.64 bits per heavy atom. The van der Waals surface area contributed by atoms with Gasteiger partial charge >= 0.3 is 0 Å². The van der Waals surface area contributed by atoms with Crippen molar-refractivity contribution in [2.45, 2.75) is 12.8 Å². The third kappa shape index (κ3) is 4.09. The molecule has 0 fully saturated rings. The van der Waals surface area contributed by atoms with Crippen LogP contribution in [0.15, 0.2) is 22.8 Å². The molecule has 1 heterocycles. The Hall–Kier alpha value is -1.29. The second kappa shape index (κ2) is 6.21. The van der Waals surface area contributed by atoms with Crippen LogP contribution in [0.2, 0.25) is 0 Å². The second-order valence-corrected chi connectivity index (χ2v) is 2.95. The number of amides is 1. The molecule has 4 heteroatoms. The monoisotopic (exact) mass is 197 g/mol. The Morgan fingerprint density at radius 2 is 2.50 bits per heavy atom. The van der Waals surface area contributed by atoms with Gasteiger partial charge in [-0.15, -0.1) is 0 Å². The summed E-state index contributed by atoms with van der Waals surface area (Å²) in [6.07, 6.45) is 2.70. The lowest BCUT2D eigenvalue weighted by Gasteiger charge is -2.02. The first-order valence-electron chi connectivity index (χ1n) is 4.61. The van der Waals surface area contributed by atoms with Crippen LogP contribution in [0.3, 0.4) is 0 Å². The van der Waals surface area contributed by atoms with Crippen LogP contribution in [0, 0.1) is 0 Å². The maximum Gasteiger partial charge on any atom is 0.227 e. The SMILES string of the molecule is COCCCNC(=O)Cc1ccco1. The van der Waals surface area contributed by atoms with Crippen molar-refractivity contribution >= 4 is 5.91 Å². The molecule has 0 aromatic carbocycles. The smallest absolute Gasteiger partial charge is 0.227 e. The first-order valence-corrected chi connectivity index (χ1v) is 4.61. The Bertz CT molecular complexity index is 256. The zero-order valence-electron chi connectivity index (χ0n) is 8.29. The predicted molar refractivity (Wildman–Crippen MR) is 51.9 cm³/mol. The molecule has 78 valence electrons. The van der Waals surface area contributed by atoms with E-state index in [2.05, 4.69) is 5.32 Å². The normalized spacial score (nSPS) is 10.1. The molecular weight excluding hydrogens is 182 g/mol. The quantitative estimate of drug-likeness (QED) is 0.691. The van der Waals surface area contributed by atoms with Crippen LogP contribution < -0.4 is 5.32 Å². The minimum absolute atomic E-state index is 0.0175. The number of methoxy groups -OCH3 is 1. The number of furan rings is 1. The van der Waals surface area contributed by atoms with Crippen LogP contribution >= 0.6 is 0 Å². The summed E-state index contributed by atoms with van der Waals surface area (Å²) in [6.45, 7) is 1.31. The molecule has 4 nitrogen and oxygen atoms in total. The maximum absolute atomic E-state index is 11.3. The van der Waals surface area contributed by atoms with Gasteiger partial charge in [0.2, 0.25) is 5.91 Å². The zero-order chi connectivity index (χ0) is 10.2. The molecule has 1 amide bonds. The molecular formula is C10H15NO3. The molecule has 0 atom stereocenters. The highest BCUT2D eigenvalue weighted by molar-refractivity contribution is 5.77. The largest absolute Gasteiger partial charge is 0.469 e. The minimum atomic E-state index is -0.0175. The molecule has 14 heavy (non-hydrogen) atoms. The van der Waals surface area contributed by atoms with Gasteiger partial charge in [-0.25, -0.2) is 0 Å². The van der Waals surface area contributed by atoms with Gasteiger partial charge in [-0.3, -0.25) is 4.79 Å². The molecule has 0 aliphatic carbocycles. The fourth-order valence-corrected chi connectivity index (χ4v) is 1.08. The van der Waals surface area contributed by atoms with Crippen molar-refractivity contribution in [1.29, 1.82) is 0 Å². The van der Waals surface area contributed by atoms with Crippen molar-refractivity contribution in [2.24, 2.45) is 0 Å². The van der Waals surface area contributed by atoms with Crippen molar-refractivity contribution in [1.82, 2.24) is 5.32 Å². The van der Waals surface area contributed by atoms with Crippen LogP contribution in [-0.2, 0) is 16.0 Å². The number of carbonyl (C=O) groups excluding carboxylic acids is 1. The van der Waals surface area contributed by atoms with Crippen molar-refractivity contribution < 1.29 is 13.9 Å². The van der Waals surface area contributed by atoms with Gasteiger partial charge in [0, 0.05) is 20.3 Å². The lowest BCUT2D eigenvalue weighted by Crippen LogP contribution is -2.26. The minimum Gasteiger partial charge on any atom is -0.469 e. The van der Waals surface area contributed by atoms with Gasteiger partial charge in [-0.1, -0.05) is 0 Å². The Balaban J connectivity index is 2.11. The highest BCUT2D eigenvalue weighted by atomic mass is 16.5. The van der Waals surface area contributed by atoms with Gasteiger partial charge in [0.15, 0.2) is 0 Å². The van der Waals surface area contributed by atoms with E-state index in [0.29, 0.717) is 25.3 Å². The lowest BCUT2D eigenvalue weighted by atomic mass is 10.3. The first-order chi connectivity index (χ1) is 6.83. The zero-order valence-corrected chi connectivity index (χ0v) is 8.29. The summed E-state index contributed by atoms with van der Waals surface area (Å²) in [5, 5.41) is 2.78. The van der Waals surface area contributed by atoms with Crippen LogP contribution in [0.5, 0.6) is 0 Å². The molecule has 0 spiro atoms. The third-order valence-corrected chi connectivity index (χ3v) is 1.76. The summed E-state index contributed by atoms with van der Waals surface area (Å²) in [7, 11) is 1.64. The summed E-state index contributed by atoms with van der Waals surface area (Å²) in [4.78, 5) is 11.3. The highest BCUT2D eigenvalue weighted by Gasteiger charge is 2.03. The number of rotatable bonds is 6. The molecule has 1 aromatic rings. The molecule has 0 bridgehead atoms. The highest BCUT2D eigenvalue weighted by Crippen LogP contribution is 2.00. The van der Waals surface area contributed by atoms with Crippen LogP contribution in [0.1, 0.15) is 12.2 Å². The van der Waals surface area contributed by atoms with Gasteiger partial charge in [-0.2, -0.15) is 0 Å². The van der Waals surface area contributed by atoms with E-state index in [9.17, 15) is 4.79 Å². The topological polar surface area (TPSA) is 51.5 Å². The summed E-state index contributed by atoms with van der Waals surface area (Å²) < 4.78 is 9.91. The van der Waals surface area contributed by atoms with E-state index in [4.69, 9.17) is 9.15 Å². The molecule has 0 radical (unpaired) electrons. The average Bonchev–Trinajstić information content (AvgIpc) is 2.65. The summed E-state index contributed by atoms with van der Waals surface area (Å²) >= 11 is 0. The summed E-state index contributed by atoms with van der Waals surface area (Å²) in [5.74, 6) is 0.672. The van der Waals surface area contributed by atoms with Crippen LogP contribution in [0.25, 0.3) is 0 Å². The molecule has 1 N–H and O–H groups in total. The standard InChI is InChI=1S/C10H15NO3/c1-13-6-3-5-11-10(12)8-9-4-2-7-14-9/h2,4,7H,3,5-6,8H2,1H3,(H,11,12). The predicted octanol–water partition coefficient (Wildman–Crippen LogP) is 0.975. The summed E-state index contributed by atoms with van der Waals surface area (Å²) in [6, 6.07) is 3.56. The number of ether oxygens (including phenoxy) is 1. The van der Waals surface area contributed by atoms with Gasteiger partial charge < -0.3 is 14.5 Å². The lowest BCUT2D eigenvalue weighted by molar-refractivity contribution is -0.120. The Kier molecular flexibility index (Phi) is 4.78. The second-order valence-electron chi connectivity index (χ2n) is 2.95. The number of hydrogen-bond donors (Lipinski definition) is 1. The van der Waals surface area contributed by atoms with E-state index >= 15 is 0 Å². The van der Waals surface area contributed by atoms with Crippen molar-refractivity contribution in [3.8, 4) is 0 Å². The number of hydrogen-bond acceptors (Lipinski definition) is 3. The van der Waals surface area contributed by atoms with E-state index in [1.807, 2.05) is 0 Å². The van der Waals surface area contributed by atoms with E-state index < -0.39 is 0 Å².